The Balaban J connectivity index is 3.20. The molecule has 1 aromatic carbocycles. The number of unbranched alkanes of at least 4 members (excludes halogenated alkanes) is 1. The van der Waals surface area contributed by atoms with E-state index in [0.717, 1.165) is 25.0 Å². The number of benzene rings is 1. The number of nitro groups is 2. The number of hydrogen-bond donors (Lipinski definition) is 1. The van der Waals surface area contributed by atoms with E-state index < -0.39 is 27.1 Å². The first kappa shape index (κ1) is 15.5. The number of rotatable bonds is 6. The number of nitrogens with one attached hydrogen (secondary N) is 1. The number of hydrogen-bond acceptors (Lipinski definition) is 5. The van der Waals surface area contributed by atoms with Gasteiger partial charge in [-0.2, -0.15) is 0 Å². The van der Waals surface area contributed by atoms with Crippen LogP contribution in [0.25, 0.3) is 0 Å². The van der Waals surface area contributed by atoms with E-state index in [1.54, 1.807) is 0 Å². The van der Waals surface area contributed by atoms with Crippen LogP contribution >= 0.6 is 0 Å². The number of carbonyl (C=O) groups excluding carboxylic acids is 1. The van der Waals surface area contributed by atoms with E-state index >= 15 is 0 Å². The first-order valence-electron chi connectivity index (χ1n) is 6.10. The number of carbonyl (C=O) groups is 1. The van der Waals surface area contributed by atoms with Crippen molar-refractivity contribution < 1.29 is 14.6 Å². The summed E-state index contributed by atoms with van der Waals surface area (Å²) in [5.74, 6) is -0.539. The third-order valence-corrected chi connectivity index (χ3v) is 2.83. The minimum Gasteiger partial charge on any atom is -0.352 e. The highest BCUT2D eigenvalue weighted by Crippen LogP contribution is 2.27. The molecule has 1 aromatic rings. The number of nitro benzene ring substituents is 2. The zero-order valence-electron chi connectivity index (χ0n) is 11.2. The molecule has 0 radical (unpaired) electrons. The van der Waals surface area contributed by atoms with Crippen LogP contribution in [-0.4, -0.2) is 22.3 Å². The lowest BCUT2D eigenvalue weighted by Gasteiger charge is -2.07. The van der Waals surface area contributed by atoms with Gasteiger partial charge >= 0.3 is 0 Å². The van der Waals surface area contributed by atoms with Crippen molar-refractivity contribution in [3.63, 3.8) is 0 Å². The molecule has 0 aromatic heterocycles. The molecule has 0 spiro atoms. The van der Waals surface area contributed by atoms with E-state index in [4.69, 9.17) is 0 Å². The van der Waals surface area contributed by atoms with Gasteiger partial charge in [0.1, 0.15) is 0 Å². The van der Waals surface area contributed by atoms with Gasteiger partial charge in [0.2, 0.25) is 0 Å². The van der Waals surface area contributed by atoms with Crippen molar-refractivity contribution in [2.24, 2.45) is 0 Å². The van der Waals surface area contributed by atoms with E-state index in [-0.39, 0.29) is 11.1 Å². The Morgan fingerprint density at radius 2 is 1.90 bits per heavy atom. The maximum Gasteiger partial charge on any atom is 0.279 e. The molecule has 0 atom stereocenters. The molecule has 0 aliphatic rings. The molecule has 20 heavy (non-hydrogen) atoms. The summed E-state index contributed by atoms with van der Waals surface area (Å²) in [6.45, 7) is 3.78. The normalized spacial score (nSPS) is 10.1. The molecule has 0 saturated carbocycles. The minimum absolute atomic E-state index is 0.0398. The van der Waals surface area contributed by atoms with Gasteiger partial charge < -0.3 is 5.32 Å². The average molecular weight is 281 g/mol. The van der Waals surface area contributed by atoms with Crippen LogP contribution in [0.3, 0.4) is 0 Å². The van der Waals surface area contributed by atoms with Crippen molar-refractivity contribution >= 4 is 17.3 Å². The molecular formula is C12H15N3O5. The SMILES string of the molecule is CCCCNC(=O)c1cc([N+](=O)[O-])cc([N+](=O)[O-])c1C. The van der Waals surface area contributed by atoms with Crippen LogP contribution in [0.5, 0.6) is 0 Å². The zero-order valence-corrected chi connectivity index (χ0v) is 11.2. The maximum atomic E-state index is 11.9. The molecule has 1 amide bonds. The largest absolute Gasteiger partial charge is 0.352 e. The summed E-state index contributed by atoms with van der Waals surface area (Å²) in [5.41, 5.74) is -0.820. The molecule has 0 aliphatic carbocycles. The van der Waals surface area contributed by atoms with E-state index in [0.29, 0.717) is 6.54 Å². The van der Waals surface area contributed by atoms with Crippen molar-refractivity contribution in [2.45, 2.75) is 26.7 Å². The van der Waals surface area contributed by atoms with Crippen molar-refractivity contribution in [3.8, 4) is 0 Å². The Hall–Kier alpha value is -2.51. The lowest BCUT2D eigenvalue weighted by atomic mass is 10.0. The fourth-order valence-corrected chi connectivity index (χ4v) is 1.69. The summed E-state index contributed by atoms with van der Waals surface area (Å²) in [6.07, 6.45) is 1.65. The first-order valence-corrected chi connectivity index (χ1v) is 6.10. The molecule has 8 nitrogen and oxygen atoms in total. The van der Waals surface area contributed by atoms with Gasteiger partial charge in [0.05, 0.1) is 21.5 Å². The topological polar surface area (TPSA) is 115 Å². The van der Waals surface area contributed by atoms with Gasteiger partial charge in [-0.1, -0.05) is 13.3 Å². The molecule has 0 aliphatic heterocycles. The second kappa shape index (κ2) is 6.60. The van der Waals surface area contributed by atoms with E-state index in [1.807, 2.05) is 6.92 Å². The Bertz CT molecular complexity index is 556. The molecule has 0 bridgehead atoms. The number of nitrogens with zero attached hydrogens (tertiary/aromatic N) is 2. The first-order chi connectivity index (χ1) is 9.38. The number of amides is 1. The Kier molecular flexibility index (Phi) is 5.13. The van der Waals surface area contributed by atoms with Crippen molar-refractivity contribution in [1.29, 1.82) is 0 Å². The van der Waals surface area contributed by atoms with Crippen molar-refractivity contribution in [3.05, 3.63) is 43.5 Å². The van der Waals surface area contributed by atoms with Gasteiger partial charge in [0.15, 0.2) is 0 Å². The smallest absolute Gasteiger partial charge is 0.279 e. The maximum absolute atomic E-state index is 11.9. The second-order valence-corrected chi connectivity index (χ2v) is 4.26. The molecular weight excluding hydrogens is 266 g/mol. The summed E-state index contributed by atoms with van der Waals surface area (Å²) >= 11 is 0. The van der Waals surface area contributed by atoms with Crippen LogP contribution in [0.15, 0.2) is 12.1 Å². The van der Waals surface area contributed by atoms with Crippen molar-refractivity contribution in [1.82, 2.24) is 5.32 Å². The lowest BCUT2D eigenvalue weighted by molar-refractivity contribution is -0.394. The Morgan fingerprint density at radius 3 is 2.40 bits per heavy atom. The van der Waals surface area contributed by atoms with E-state index in [1.165, 1.54) is 6.92 Å². The monoisotopic (exact) mass is 281 g/mol. The second-order valence-electron chi connectivity index (χ2n) is 4.26. The molecule has 1 N–H and O–H groups in total. The van der Waals surface area contributed by atoms with Gasteiger partial charge in [-0.15, -0.1) is 0 Å². The Labute approximate surface area is 115 Å². The number of non-ortho nitro benzene ring substituents is 1. The van der Waals surface area contributed by atoms with Crippen molar-refractivity contribution in [2.75, 3.05) is 6.54 Å². The summed E-state index contributed by atoms with van der Waals surface area (Å²) in [7, 11) is 0. The highest BCUT2D eigenvalue weighted by atomic mass is 16.6. The lowest BCUT2D eigenvalue weighted by Crippen LogP contribution is -2.25. The summed E-state index contributed by atoms with van der Waals surface area (Å²) in [5, 5.41) is 24.2. The highest BCUT2D eigenvalue weighted by Gasteiger charge is 2.24. The predicted octanol–water partition coefficient (Wildman–Crippen LogP) is 2.34. The fourth-order valence-electron chi connectivity index (χ4n) is 1.69. The molecule has 108 valence electrons. The molecule has 0 fully saturated rings. The highest BCUT2D eigenvalue weighted by molar-refractivity contribution is 5.97. The van der Waals surface area contributed by atoms with Gasteiger partial charge in [-0.05, 0) is 13.3 Å². The summed E-state index contributed by atoms with van der Waals surface area (Å²) < 4.78 is 0. The molecule has 0 saturated heterocycles. The molecule has 0 unspecified atom stereocenters. The quantitative estimate of drug-likeness (QED) is 0.488. The van der Waals surface area contributed by atoms with Gasteiger partial charge in [-0.25, -0.2) is 0 Å². The Morgan fingerprint density at radius 1 is 1.25 bits per heavy atom. The fraction of sp³-hybridized carbons (Fsp3) is 0.417. The van der Waals surface area contributed by atoms with Crippen LogP contribution in [-0.2, 0) is 0 Å². The van der Waals surface area contributed by atoms with Crippen LogP contribution in [0.1, 0.15) is 35.7 Å². The average Bonchev–Trinajstić information content (AvgIpc) is 2.38. The summed E-state index contributed by atoms with van der Waals surface area (Å²) in [6, 6.07) is 1.92. The minimum atomic E-state index is -0.755. The van der Waals surface area contributed by atoms with Crippen LogP contribution in [0.4, 0.5) is 11.4 Å². The molecule has 8 heteroatoms. The third kappa shape index (κ3) is 3.50. The predicted molar refractivity (Wildman–Crippen MR) is 71.7 cm³/mol. The van der Waals surface area contributed by atoms with Crippen LogP contribution < -0.4 is 5.32 Å². The standard InChI is InChI=1S/C12H15N3O5/c1-3-4-5-13-12(16)10-6-9(14(17)18)7-11(8(10)2)15(19)20/h6-7H,3-5H2,1-2H3,(H,13,16). The van der Waals surface area contributed by atoms with Gasteiger partial charge in [0.25, 0.3) is 17.3 Å². The van der Waals surface area contributed by atoms with Gasteiger partial charge in [0, 0.05) is 18.2 Å². The van der Waals surface area contributed by atoms with E-state index in [2.05, 4.69) is 5.32 Å². The molecule has 1 rings (SSSR count). The van der Waals surface area contributed by atoms with E-state index in [9.17, 15) is 25.0 Å². The summed E-state index contributed by atoms with van der Waals surface area (Å²) in [4.78, 5) is 32.1. The molecule has 0 heterocycles. The zero-order chi connectivity index (χ0) is 15.3. The third-order valence-electron chi connectivity index (χ3n) is 2.83. The van der Waals surface area contributed by atoms with Crippen LogP contribution in [0.2, 0.25) is 0 Å². The van der Waals surface area contributed by atoms with Crippen LogP contribution in [0, 0.1) is 27.2 Å². The van der Waals surface area contributed by atoms with Gasteiger partial charge in [-0.3, -0.25) is 25.0 Å².